The Kier molecular flexibility index (Phi) is 5.71. The second-order valence-electron chi connectivity index (χ2n) is 7.38. The van der Waals surface area contributed by atoms with Crippen LogP contribution in [0.25, 0.3) is 0 Å². The number of rotatable bonds is 6. The summed E-state index contributed by atoms with van der Waals surface area (Å²) in [6, 6.07) is 7.03. The number of nitrogens with zero attached hydrogens (tertiary/aromatic N) is 1. The van der Waals surface area contributed by atoms with Gasteiger partial charge in [-0.2, -0.15) is 0 Å². The van der Waals surface area contributed by atoms with Crippen LogP contribution in [0.4, 0.5) is 0 Å². The van der Waals surface area contributed by atoms with Crippen LogP contribution in [0, 0.1) is 0 Å². The minimum Gasteiger partial charge on any atom is -0.497 e. The van der Waals surface area contributed by atoms with Gasteiger partial charge in [0.1, 0.15) is 11.4 Å². The fraction of sp³-hybridized carbons (Fsp3) is 0.421. The molecule has 1 heterocycles. The standard InChI is InChI=1S/C19H24N2O4S/c1-18(2,3)17-20-14(11-26-17)16(24)21-19(4,10-15(22)23)12-7-6-8-13(9-12)25-5/h6-9,11H,10H2,1-5H3,(H,21,24)(H,22,23). The van der Waals surface area contributed by atoms with Crippen LogP contribution in [-0.2, 0) is 15.7 Å². The van der Waals surface area contributed by atoms with Gasteiger partial charge < -0.3 is 15.2 Å². The van der Waals surface area contributed by atoms with E-state index in [0.29, 0.717) is 17.0 Å². The molecule has 1 unspecified atom stereocenters. The number of methoxy groups -OCH3 is 1. The molecular formula is C19H24N2O4S. The normalized spacial score (nSPS) is 13.7. The number of carbonyl (C=O) groups excluding carboxylic acids is 1. The van der Waals surface area contributed by atoms with E-state index in [1.165, 1.54) is 18.4 Å². The quantitative estimate of drug-likeness (QED) is 0.805. The molecule has 0 spiro atoms. The maximum absolute atomic E-state index is 12.7. The molecule has 6 nitrogen and oxygen atoms in total. The van der Waals surface area contributed by atoms with Crippen molar-refractivity contribution in [3.63, 3.8) is 0 Å². The number of hydrogen-bond donors (Lipinski definition) is 2. The highest BCUT2D eigenvalue weighted by Gasteiger charge is 2.33. The third-order valence-electron chi connectivity index (χ3n) is 3.98. The Morgan fingerprint density at radius 1 is 1.27 bits per heavy atom. The molecule has 7 heteroatoms. The summed E-state index contributed by atoms with van der Waals surface area (Å²) in [5.41, 5.74) is -0.304. The highest BCUT2D eigenvalue weighted by Crippen LogP contribution is 2.29. The van der Waals surface area contributed by atoms with Crippen molar-refractivity contribution in [2.45, 2.75) is 45.1 Å². The number of aromatic nitrogens is 1. The average Bonchev–Trinajstić information content (AvgIpc) is 3.04. The zero-order chi connectivity index (χ0) is 19.5. The zero-order valence-corrected chi connectivity index (χ0v) is 16.4. The van der Waals surface area contributed by atoms with E-state index in [1.54, 1.807) is 36.6 Å². The van der Waals surface area contributed by atoms with Crippen LogP contribution in [-0.4, -0.2) is 29.1 Å². The predicted octanol–water partition coefficient (Wildman–Crippen LogP) is 3.57. The second kappa shape index (κ2) is 7.45. The first-order chi connectivity index (χ1) is 12.0. The number of ether oxygens (including phenoxy) is 1. The summed E-state index contributed by atoms with van der Waals surface area (Å²) >= 11 is 1.42. The number of hydrogen-bond acceptors (Lipinski definition) is 5. The molecule has 0 bridgehead atoms. The fourth-order valence-corrected chi connectivity index (χ4v) is 3.41. The molecule has 0 fully saturated rings. The van der Waals surface area contributed by atoms with Crippen molar-refractivity contribution in [3.8, 4) is 5.75 Å². The molecule has 0 saturated heterocycles. The van der Waals surface area contributed by atoms with E-state index < -0.39 is 17.4 Å². The number of amides is 1. The minimum absolute atomic E-state index is 0.152. The lowest BCUT2D eigenvalue weighted by molar-refractivity contribution is -0.138. The minimum atomic E-state index is -1.09. The molecule has 2 N–H and O–H groups in total. The van der Waals surface area contributed by atoms with E-state index in [4.69, 9.17) is 4.74 Å². The monoisotopic (exact) mass is 376 g/mol. The summed E-state index contributed by atoms with van der Waals surface area (Å²) in [5, 5.41) is 14.7. The van der Waals surface area contributed by atoms with Crippen LogP contribution >= 0.6 is 11.3 Å². The number of carboxylic acid groups (broad SMARTS) is 1. The summed E-state index contributed by atoms with van der Waals surface area (Å²) in [6.45, 7) is 7.76. The highest BCUT2D eigenvalue weighted by atomic mass is 32.1. The van der Waals surface area contributed by atoms with Gasteiger partial charge in [0, 0.05) is 10.8 Å². The number of thiazole rings is 1. The van der Waals surface area contributed by atoms with Crippen LogP contribution in [0.15, 0.2) is 29.6 Å². The molecule has 2 aromatic rings. The van der Waals surface area contributed by atoms with E-state index in [-0.39, 0.29) is 11.8 Å². The summed E-state index contributed by atoms with van der Waals surface area (Å²) in [7, 11) is 1.54. The smallest absolute Gasteiger partial charge is 0.306 e. The molecule has 0 aliphatic rings. The van der Waals surface area contributed by atoms with Gasteiger partial charge in [-0.25, -0.2) is 4.98 Å². The van der Waals surface area contributed by atoms with E-state index in [1.807, 2.05) is 20.8 Å². The molecule has 1 amide bonds. The molecule has 0 radical (unpaired) electrons. The Labute approximate surface area is 157 Å². The molecule has 1 atom stereocenters. The summed E-state index contributed by atoms with van der Waals surface area (Å²) in [5.74, 6) is -0.815. The molecular weight excluding hydrogens is 352 g/mol. The lowest BCUT2D eigenvalue weighted by Crippen LogP contribution is -2.45. The van der Waals surface area contributed by atoms with Gasteiger partial charge in [0.15, 0.2) is 0 Å². The van der Waals surface area contributed by atoms with Crippen LogP contribution in [0.3, 0.4) is 0 Å². The Balaban J connectivity index is 2.33. The van der Waals surface area contributed by atoms with Crippen LogP contribution in [0.1, 0.15) is 55.2 Å². The van der Waals surface area contributed by atoms with Crippen molar-refractivity contribution < 1.29 is 19.4 Å². The van der Waals surface area contributed by atoms with Gasteiger partial charge in [-0.15, -0.1) is 11.3 Å². The first kappa shape index (κ1) is 19.9. The van der Waals surface area contributed by atoms with E-state index in [9.17, 15) is 14.7 Å². The molecule has 26 heavy (non-hydrogen) atoms. The Bertz CT molecular complexity index is 810. The second-order valence-corrected chi connectivity index (χ2v) is 8.23. The Morgan fingerprint density at radius 2 is 1.96 bits per heavy atom. The maximum Gasteiger partial charge on any atom is 0.306 e. The predicted molar refractivity (Wildman–Crippen MR) is 101 cm³/mol. The SMILES string of the molecule is COc1cccc(C(C)(CC(=O)O)NC(=O)c2csc(C(C)(C)C)n2)c1. The zero-order valence-electron chi connectivity index (χ0n) is 15.6. The van der Waals surface area contributed by atoms with Crippen LogP contribution in [0.5, 0.6) is 5.75 Å². The largest absolute Gasteiger partial charge is 0.497 e. The summed E-state index contributed by atoms with van der Waals surface area (Å²) in [6.07, 6.45) is -0.262. The number of nitrogens with one attached hydrogen (secondary N) is 1. The highest BCUT2D eigenvalue weighted by molar-refractivity contribution is 7.10. The molecule has 140 valence electrons. The average molecular weight is 376 g/mol. The van der Waals surface area contributed by atoms with Crippen molar-refractivity contribution in [3.05, 3.63) is 45.9 Å². The number of carboxylic acids is 1. The van der Waals surface area contributed by atoms with Gasteiger partial charge in [-0.1, -0.05) is 32.9 Å². The van der Waals surface area contributed by atoms with Crippen LogP contribution < -0.4 is 10.1 Å². The van der Waals surface area contributed by atoms with Crippen molar-refractivity contribution >= 4 is 23.2 Å². The summed E-state index contributed by atoms with van der Waals surface area (Å²) in [4.78, 5) is 28.5. The molecule has 0 saturated carbocycles. The van der Waals surface area contributed by atoms with Gasteiger partial charge in [-0.3, -0.25) is 9.59 Å². The van der Waals surface area contributed by atoms with E-state index in [2.05, 4.69) is 10.3 Å². The van der Waals surface area contributed by atoms with Gasteiger partial charge in [0.25, 0.3) is 5.91 Å². The lowest BCUT2D eigenvalue weighted by Gasteiger charge is -2.30. The van der Waals surface area contributed by atoms with Crippen molar-refractivity contribution in [2.75, 3.05) is 7.11 Å². The third kappa shape index (κ3) is 4.60. The van der Waals surface area contributed by atoms with Crippen molar-refractivity contribution in [1.82, 2.24) is 10.3 Å². The van der Waals surface area contributed by atoms with Gasteiger partial charge in [-0.05, 0) is 24.6 Å². The van der Waals surface area contributed by atoms with Crippen molar-refractivity contribution in [2.24, 2.45) is 0 Å². The maximum atomic E-state index is 12.7. The number of aliphatic carboxylic acids is 1. The first-order valence-electron chi connectivity index (χ1n) is 8.20. The molecule has 0 aliphatic heterocycles. The molecule has 1 aromatic carbocycles. The van der Waals surface area contributed by atoms with Gasteiger partial charge >= 0.3 is 5.97 Å². The van der Waals surface area contributed by atoms with E-state index >= 15 is 0 Å². The summed E-state index contributed by atoms with van der Waals surface area (Å²) < 4.78 is 5.21. The fourth-order valence-electron chi connectivity index (χ4n) is 2.52. The van der Waals surface area contributed by atoms with Gasteiger partial charge in [0.05, 0.1) is 24.1 Å². The number of carbonyl (C=O) groups is 2. The Morgan fingerprint density at radius 3 is 2.50 bits per heavy atom. The van der Waals surface area contributed by atoms with Gasteiger partial charge in [0.2, 0.25) is 0 Å². The van der Waals surface area contributed by atoms with E-state index in [0.717, 1.165) is 5.01 Å². The van der Waals surface area contributed by atoms with Crippen molar-refractivity contribution in [1.29, 1.82) is 0 Å². The molecule has 2 rings (SSSR count). The third-order valence-corrected chi connectivity index (χ3v) is 5.25. The lowest BCUT2D eigenvalue weighted by atomic mass is 9.88. The Hall–Kier alpha value is -2.41. The molecule has 1 aromatic heterocycles. The number of benzene rings is 1. The van der Waals surface area contributed by atoms with Crippen LogP contribution in [0.2, 0.25) is 0 Å². The first-order valence-corrected chi connectivity index (χ1v) is 9.08. The topological polar surface area (TPSA) is 88.5 Å². The molecule has 0 aliphatic carbocycles.